The van der Waals surface area contributed by atoms with Gasteiger partial charge in [-0.3, -0.25) is 4.79 Å². The minimum atomic E-state index is 0.000712. The number of likely N-dealkylation sites (tertiary alicyclic amines) is 1. The van der Waals surface area contributed by atoms with E-state index >= 15 is 0 Å². The van der Waals surface area contributed by atoms with Crippen LogP contribution >= 0.6 is 38.5 Å². The molecule has 1 heterocycles. The first-order valence-corrected chi connectivity index (χ1v) is 8.89. The van der Waals surface area contributed by atoms with E-state index in [0.29, 0.717) is 12.1 Å². The molecule has 1 aliphatic rings. The van der Waals surface area contributed by atoms with Gasteiger partial charge in [0.15, 0.2) is 0 Å². The van der Waals surface area contributed by atoms with Crippen molar-refractivity contribution in [1.29, 1.82) is 0 Å². The van der Waals surface area contributed by atoms with Crippen molar-refractivity contribution in [2.45, 2.75) is 19.8 Å². The fourth-order valence-corrected chi connectivity index (χ4v) is 3.30. The molecule has 20 heavy (non-hydrogen) atoms. The van der Waals surface area contributed by atoms with Crippen LogP contribution < -0.4 is 5.32 Å². The maximum Gasteiger partial charge on any atom is 0.252 e. The Balaban J connectivity index is 1.79. The van der Waals surface area contributed by atoms with E-state index in [-0.39, 0.29) is 5.91 Å². The summed E-state index contributed by atoms with van der Waals surface area (Å²) in [7, 11) is 0. The summed E-state index contributed by atoms with van der Waals surface area (Å²) < 4.78 is 1.92. The van der Waals surface area contributed by atoms with Crippen molar-refractivity contribution >= 4 is 44.4 Å². The zero-order valence-electron chi connectivity index (χ0n) is 11.7. The van der Waals surface area contributed by atoms with Crippen molar-refractivity contribution in [1.82, 2.24) is 10.2 Å². The molecule has 1 aromatic carbocycles. The van der Waals surface area contributed by atoms with Crippen LogP contribution in [0.25, 0.3) is 0 Å². The Bertz CT molecular complexity index is 473. The molecule has 0 atom stereocenters. The van der Waals surface area contributed by atoms with Crippen LogP contribution in [0, 0.1) is 9.49 Å². The quantitative estimate of drug-likeness (QED) is 0.712. The third-order valence-electron chi connectivity index (χ3n) is 3.76. The van der Waals surface area contributed by atoms with Crippen molar-refractivity contribution in [2.75, 3.05) is 26.2 Å². The predicted octanol–water partition coefficient (Wildman–Crippen LogP) is 3.52. The highest BCUT2D eigenvalue weighted by molar-refractivity contribution is 14.1. The Morgan fingerprint density at radius 1 is 1.45 bits per heavy atom. The summed E-state index contributed by atoms with van der Waals surface area (Å²) >= 11 is 5.65. The molecule has 1 amide bonds. The second kappa shape index (κ2) is 7.75. The lowest BCUT2D eigenvalue weighted by Crippen LogP contribution is -2.39. The molecule has 0 spiro atoms. The van der Waals surface area contributed by atoms with Gasteiger partial charge in [0, 0.05) is 21.1 Å². The molecule has 110 valence electrons. The first-order chi connectivity index (χ1) is 9.56. The third kappa shape index (κ3) is 4.70. The average molecular weight is 451 g/mol. The highest BCUT2D eigenvalue weighted by Crippen LogP contribution is 2.19. The molecule has 1 N–H and O–H groups in total. The molecular formula is C15H20BrIN2O. The van der Waals surface area contributed by atoms with Gasteiger partial charge >= 0.3 is 0 Å². The van der Waals surface area contributed by atoms with Crippen LogP contribution in [0.15, 0.2) is 22.7 Å². The largest absolute Gasteiger partial charge is 0.351 e. The fourth-order valence-electron chi connectivity index (χ4n) is 2.38. The Morgan fingerprint density at radius 2 is 2.15 bits per heavy atom. The SMILES string of the molecule is CC1CCN(CCNC(=O)c2cc(I)ccc2Br)CC1. The summed E-state index contributed by atoms with van der Waals surface area (Å²) in [4.78, 5) is 14.6. The van der Waals surface area contributed by atoms with Gasteiger partial charge in [0.05, 0.1) is 5.56 Å². The van der Waals surface area contributed by atoms with Crippen LogP contribution in [0.4, 0.5) is 0 Å². The lowest BCUT2D eigenvalue weighted by molar-refractivity contribution is 0.0943. The van der Waals surface area contributed by atoms with E-state index in [1.807, 2.05) is 18.2 Å². The minimum Gasteiger partial charge on any atom is -0.351 e. The molecule has 1 saturated heterocycles. The van der Waals surface area contributed by atoms with E-state index in [1.54, 1.807) is 0 Å². The summed E-state index contributed by atoms with van der Waals surface area (Å²) in [5.41, 5.74) is 0.712. The van der Waals surface area contributed by atoms with Crippen LogP contribution in [0.1, 0.15) is 30.1 Å². The minimum absolute atomic E-state index is 0.000712. The van der Waals surface area contributed by atoms with Crippen molar-refractivity contribution < 1.29 is 4.79 Å². The maximum absolute atomic E-state index is 12.1. The fraction of sp³-hybridized carbons (Fsp3) is 0.533. The van der Waals surface area contributed by atoms with Gasteiger partial charge in [-0.2, -0.15) is 0 Å². The third-order valence-corrected chi connectivity index (χ3v) is 5.13. The highest BCUT2D eigenvalue weighted by Gasteiger charge is 2.16. The molecule has 0 radical (unpaired) electrons. The number of carbonyl (C=O) groups excluding carboxylic acids is 1. The molecule has 1 aliphatic heterocycles. The van der Waals surface area contributed by atoms with Crippen molar-refractivity contribution in [3.05, 3.63) is 31.8 Å². The summed E-state index contributed by atoms with van der Waals surface area (Å²) in [6, 6.07) is 5.81. The van der Waals surface area contributed by atoms with Gasteiger partial charge in [-0.15, -0.1) is 0 Å². The van der Waals surface area contributed by atoms with E-state index in [0.717, 1.165) is 33.6 Å². The number of halogens is 2. The summed E-state index contributed by atoms with van der Waals surface area (Å²) in [5, 5.41) is 3.01. The van der Waals surface area contributed by atoms with Gasteiger partial charge in [-0.05, 0) is 88.6 Å². The molecular weight excluding hydrogens is 431 g/mol. The highest BCUT2D eigenvalue weighted by atomic mass is 127. The smallest absolute Gasteiger partial charge is 0.252 e. The number of amides is 1. The summed E-state index contributed by atoms with van der Waals surface area (Å²) in [6.45, 7) is 6.28. The standard InChI is InChI=1S/C15H20BrIN2O/c1-11-4-7-19(8-5-11)9-6-18-15(20)13-10-12(17)2-3-14(13)16/h2-3,10-11H,4-9H2,1H3,(H,18,20). The second-order valence-electron chi connectivity index (χ2n) is 5.40. The predicted molar refractivity (Wildman–Crippen MR) is 94.0 cm³/mol. The number of nitrogens with zero attached hydrogens (tertiary/aromatic N) is 1. The van der Waals surface area contributed by atoms with Crippen molar-refractivity contribution in [3.8, 4) is 0 Å². The molecule has 1 fully saturated rings. The van der Waals surface area contributed by atoms with Crippen LogP contribution in [-0.4, -0.2) is 37.0 Å². The van der Waals surface area contributed by atoms with Crippen LogP contribution in [0.5, 0.6) is 0 Å². The van der Waals surface area contributed by atoms with Gasteiger partial charge in [-0.25, -0.2) is 0 Å². The van der Waals surface area contributed by atoms with Gasteiger partial charge in [0.2, 0.25) is 0 Å². The monoisotopic (exact) mass is 450 g/mol. The second-order valence-corrected chi connectivity index (χ2v) is 7.50. The van der Waals surface area contributed by atoms with Gasteiger partial charge < -0.3 is 10.2 Å². The van der Waals surface area contributed by atoms with Crippen molar-refractivity contribution in [3.63, 3.8) is 0 Å². The van der Waals surface area contributed by atoms with Crippen LogP contribution in [0.2, 0.25) is 0 Å². The van der Waals surface area contributed by atoms with E-state index < -0.39 is 0 Å². The number of benzene rings is 1. The number of nitrogens with one attached hydrogen (secondary N) is 1. The van der Waals surface area contributed by atoms with E-state index in [9.17, 15) is 4.79 Å². The first kappa shape index (κ1) is 16.2. The number of carbonyl (C=O) groups is 1. The molecule has 0 aliphatic carbocycles. The Hall–Kier alpha value is -0.140. The lowest BCUT2D eigenvalue weighted by atomic mass is 9.99. The van der Waals surface area contributed by atoms with Gasteiger partial charge in [-0.1, -0.05) is 6.92 Å². The number of hydrogen-bond acceptors (Lipinski definition) is 2. The normalized spacial score (nSPS) is 17.1. The molecule has 0 bridgehead atoms. The zero-order valence-corrected chi connectivity index (χ0v) is 15.4. The molecule has 2 rings (SSSR count). The average Bonchev–Trinajstić information content (AvgIpc) is 2.43. The lowest BCUT2D eigenvalue weighted by Gasteiger charge is -2.30. The zero-order chi connectivity index (χ0) is 14.5. The van der Waals surface area contributed by atoms with E-state index in [2.05, 4.69) is 55.7 Å². The number of hydrogen-bond donors (Lipinski definition) is 1. The summed E-state index contributed by atoms with van der Waals surface area (Å²) in [6.07, 6.45) is 2.55. The molecule has 5 heteroatoms. The Kier molecular flexibility index (Phi) is 6.29. The van der Waals surface area contributed by atoms with E-state index in [4.69, 9.17) is 0 Å². The van der Waals surface area contributed by atoms with Crippen molar-refractivity contribution in [2.24, 2.45) is 5.92 Å². The summed E-state index contributed by atoms with van der Waals surface area (Å²) in [5.74, 6) is 0.851. The van der Waals surface area contributed by atoms with Crippen LogP contribution in [0.3, 0.4) is 0 Å². The van der Waals surface area contributed by atoms with Gasteiger partial charge in [0.25, 0.3) is 5.91 Å². The first-order valence-electron chi connectivity index (χ1n) is 7.02. The molecule has 0 unspecified atom stereocenters. The molecule has 0 aromatic heterocycles. The Morgan fingerprint density at radius 3 is 2.85 bits per heavy atom. The molecule has 3 nitrogen and oxygen atoms in total. The molecule has 0 saturated carbocycles. The van der Waals surface area contributed by atoms with Gasteiger partial charge in [0.1, 0.15) is 0 Å². The number of piperidine rings is 1. The molecule has 1 aromatic rings. The Labute approximate surface area is 142 Å². The van der Waals surface area contributed by atoms with E-state index in [1.165, 1.54) is 12.8 Å². The maximum atomic E-state index is 12.1. The van der Waals surface area contributed by atoms with Crippen LogP contribution in [-0.2, 0) is 0 Å². The topological polar surface area (TPSA) is 32.3 Å². The number of rotatable bonds is 4.